The van der Waals surface area contributed by atoms with Gasteiger partial charge in [-0.25, -0.2) is 0 Å². The van der Waals surface area contributed by atoms with Crippen LogP contribution in [0.15, 0.2) is 34.9 Å². The normalized spacial score (nSPS) is 10.6. The lowest BCUT2D eigenvalue weighted by molar-refractivity contribution is 0.0781. The highest BCUT2D eigenvalue weighted by atomic mass is 79.9. The summed E-state index contributed by atoms with van der Waals surface area (Å²) < 4.78 is 2.68. The van der Waals surface area contributed by atoms with E-state index in [0.717, 1.165) is 16.7 Å². The summed E-state index contributed by atoms with van der Waals surface area (Å²) in [5.41, 5.74) is 1.49. The smallest absolute Gasteiger partial charge is 0.253 e. The van der Waals surface area contributed by atoms with Crippen molar-refractivity contribution < 1.29 is 4.79 Å². The van der Waals surface area contributed by atoms with E-state index in [1.165, 1.54) is 0 Å². The van der Waals surface area contributed by atoms with E-state index < -0.39 is 0 Å². The zero-order valence-electron chi connectivity index (χ0n) is 11.3. The molecule has 1 aromatic heterocycles. The van der Waals surface area contributed by atoms with Gasteiger partial charge in [0, 0.05) is 23.6 Å². The van der Waals surface area contributed by atoms with Crippen LogP contribution in [0.25, 0.3) is 0 Å². The van der Waals surface area contributed by atoms with Crippen molar-refractivity contribution in [2.24, 2.45) is 0 Å². The second kappa shape index (κ2) is 6.41. The van der Waals surface area contributed by atoms with Crippen molar-refractivity contribution in [3.63, 3.8) is 0 Å². The Morgan fingerprint density at radius 3 is 2.90 bits per heavy atom. The molecule has 0 saturated carbocycles. The predicted octanol–water partition coefficient (Wildman–Crippen LogP) is 3.59. The lowest BCUT2D eigenvalue weighted by Crippen LogP contribution is -2.27. The highest BCUT2D eigenvalue weighted by molar-refractivity contribution is 9.10. The molecule has 0 bridgehead atoms. The fourth-order valence-electron chi connectivity index (χ4n) is 1.96. The molecule has 0 atom stereocenters. The summed E-state index contributed by atoms with van der Waals surface area (Å²) in [5, 5.41) is 4.76. The lowest BCUT2D eigenvalue weighted by Gasteiger charge is -2.18. The Balaban J connectivity index is 2.17. The number of hydrogen-bond acceptors (Lipinski definition) is 2. The van der Waals surface area contributed by atoms with Crippen molar-refractivity contribution in [1.29, 1.82) is 0 Å². The molecule has 6 heteroatoms. The van der Waals surface area contributed by atoms with Gasteiger partial charge in [-0.1, -0.05) is 33.6 Å². The van der Waals surface area contributed by atoms with Crippen LogP contribution in [0, 0.1) is 0 Å². The van der Waals surface area contributed by atoms with Gasteiger partial charge in [-0.3, -0.25) is 9.48 Å². The first-order chi connectivity index (χ1) is 9.52. The first-order valence-corrected chi connectivity index (χ1v) is 7.41. The van der Waals surface area contributed by atoms with Crippen LogP contribution in [-0.2, 0) is 13.1 Å². The van der Waals surface area contributed by atoms with Gasteiger partial charge < -0.3 is 4.90 Å². The molecule has 0 saturated heterocycles. The number of hydrogen-bond donors (Lipinski definition) is 0. The Hall–Kier alpha value is -1.33. The molecular weight excluding hydrogens is 342 g/mol. The van der Waals surface area contributed by atoms with Gasteiger partial charge in [0.15, 0.2) is 0 Å². The van der Waals surface area contributed by atoms with Gasteiger partial charge in [0.1, 0.15) is 0 Å². The zero-order chi connectivity index (χ0) is 14.7. The first kappa shape index (κ1) is 15.1. The molecule has 0 fully saturated rings. The van der Waals surface area contributed by atoms with Crippen LogP contribution >= 0.6 is 27.5 Å². The van der Waals surface area contributed by atoms with Crippen molar-refractivity contribution >= 4 is 33.4 Å². The monoisotopic (exact) mass is 355 g/mol. The van der Waals surface area contributed by atoms with E-state index >= 15 is 0 Å². The van der Waals surface area contributed by atoms with Crippen molar-refractivity contribution in [3.05, 3.63) is 51.2 Å². The molecule has 1 aromatic carbocycles. The summed E-state index contributed by atoms with van der Waals surface area (Å²) in [6.45, 7) is 3.14. The van der Waals surface area contributed by atoms with Gasteiger partial charge in [0.05, 0.1) is 23.5 Å². The third-order valence-corrected chi connectivity index (χ3v) is 3.81. The molecule has 1 amide bonds. The second-order valence-electron chi connectivity index (χ2n) is 4.43. The molecule has 0 aliphatic rings. The van der Waals surface area contributed by atoms with E-state index in [2.05, 4.69) is 21.0 Å². The molecule has 106 valence electrons. The van der Waals surface area contributed by atoms with Gasteiger partial charge in [-0.05, 0) is 25.1 Å². The Kier molecular flexibility index (Phi) is 4.83. The predicted molar refractivity (Wildman–Crippen MR) is 82.9 cm³/mol. The summed E-state index contributed by atoms with van der Waals surface area (Å²) in [5.74, 6) is -0.0498. The minimum Gasteiger partial charge on any atom is -0.336 e. The molecule has 0 unspecified atom stereocenters. The molecule has 2 aromatic rings. The Bertz CT molecular complexity index is 627. The highest BCUT2D eigenvalue weighted by Gasteiger charge is 2.16. The molecule has 1 heterocycles. The van der Waals surface area contributed by atoms with Gasteiger partial charge in [0.25, 0.3) is 5.91 Å². The van der Waals surface area contributed by atoms with Crippen LogP contribution in [0.3, 0.4) is 0 Å². The van der Waals surface area contributed by atoms with Crippen molar-refractivity contribution in [1.82, 2.24) is 14.7 Å². The minimum atomic E-state index is -0.0498. The maximum absolute atomic E-state index is 12.4. The average molecular weight is 357 g/mol. The molecule has 0 spiro atoms. The number of carbonyl (C=O) groups is 1. The fraction of sp³-hybridized carbons (Fsp3) is 0.286. The molecule has 0 aliphatic carbocycles. The maximum atomic E-state index is 12.4. The first-order valence-electron chi connectivity index (χ1n) is 6.24. The number of nitrogens with zero attached hydrogens (tertiary/aromatic N) is 3. The summed E-state index contributed by atoms with van der Waals surface area (Å²) >= 11 is 9.48. The average Bonchev–Trinajstić information content (AvgIpc) is 2.78. The standard InChI is InChI=1S/C14H15BrClN3O/c1-3-19-13(12(16)8-17-19)9-18(2)14(20)10-5-4-6-11(15)7-10/h4-8H,3,9H2,1-2H3. The summed E-state index contributed by atoms with van der Waals surface area (Å²) in [6, 6.07) is 7.33. The Morgan fingerprint density at radius 1 is 1.50 bits per heavy atom. The molecule has 2 rings (SSSR count). The van der Waals surface area contributed by atoms with Crippen LogP contribution < -0.4 is 0 Å². The Labute approximate surface area is 131 Å². The second-order valence-corrected chi connectivity index (χ2v) is 5.75. The number of rotatable bonds is 4. The summed E-state index contributed by atoms with van der Waals surface area (Å²) in [6.07, 6.45) is 1.61. The largest absolute Gasteiger partial charge is 0.336 e. The van der Waals surface area contributed by atoms with Crippen LogP contribution in [-0.4, -0.2) is 27.6 Å². The Morgan fingerprint density at radius 2 is 2.25 bits per heavy atom. The van der Waals surface area contributed by atoms with E-state index in [4.69, 9.17) is 11.6 Å². The number of benzene rings is 1. The summed E-state index contributed by atoms with van der Waals surface area (Å²) in [7, 11) is 1.76. The molecule has 0 N–H and O–H groups in total. The fourth-order valence-corrected chi connectivity index (χ4v) is 2.56. The number of amides is 1. The highest BCUT2D eigenvalue weighted by Crippen LogP contribution is 2.19. The third kappa shape index (κ3) is 3.22. The molecule has 4 nitrogen and oxygen atoms in total. The molecule has 0 radical (unpaired) electrons. The van der Waals surface area contributed by atoms with Crippen molar-refractivity contribution in [3.8, 4) is 0 Å². The van der Waals surface area contributed by atoms with Crippen LogP contribution in [0.4, 0.5) is 0 Å². The van der Waals surface area contributed by atoms with E-state index in [1.54, 1.807) is 35.0 Å². The van der Waals surface area contributed by atoms with Crippen LogP contribution in [0.5, 0.6) is 0 Å². The topological polar surface area (TPSA) is 38.1 Å². The SMILES string of the molecule is CCn1ncc(Cl)c1CN(C)C(=O)c1cccc(Br)c1. The lowest BCUT2D eigenvalue weighted by atomic mass is 10.2. The van der Waals surface area contributed by atoms with Crippen molar-refractivity contribution in [2.45, 2.75) is 20.0 Å². The minimum absolute atomic E-state index is 0.0498. The van der Waals surface area contributed by atoms with Gasteiger partial charge in [-0.2, -0.15) is 5.10 Å². The maximum Gasteiger partial charge on any atom is 0.253 e. The number of aromatic nitrogens is 2. The van der Waals surface area contributed by atoms with Crippen LogP contribution in [0.2, 0.25) is 5.02 Å². The van der Waals surface area contributed by atoms with E-state index in [0.29, 0.717) is 17.1 Å². The van der Waals surface area contributed by atoms with Crippen LogP contribution in [0.1, 0.15) is 23.0 Å². The number of halogens is 2. The van der Waals surface area contributed by atoms with E-state index in [-0.39, 0.29) is 5.91 Å². The number of carbonyl (C=O) groups excluding carboxylic acids is 1. The molecule has 0 aliphatic heterocycles. The molecule has 20 heavy (non-hydrogen) atoms. The molecular formula is C14H15BrClN3O. The third-order valence-electron chi connectivity index (χ3n) is 3.00. The van der Waals surface area contributed by atoms with Gasteiger partial charge in [0.2, 0.25) is 0 Å². The number of aryl methyl sites for hydroxylation is 1. The summed E-state index contributed by atoms with van der Waals surface area (Å²) in [4.78, 5) is 14.0. The van der Waals surface area contributed by atoms with E-state index in [1.807, 2.05) is 19.1 Å². The van der Waals surface area contributed by atoms with E-state index in [9.17, 15) is 4.79 Å². The van der Waals surface area contributed by atoms with Gasteiger partial charge in [-0.15, -0.1) is 0 Å². The van der Waals surface area contributed by atoms with Gasteiger partial charge >= 0.3 is 0 Å². The zero-order valence-corrected chi connectivity index (χ0v) is 13.6. The van der Waals surface area contributed by atoms with Crippen molar-refractivity contribution in [2.75, 3.05) is 7.05 Å². The quantitative estimate of drug-likeness (QED) is 0.839.